The molecular weight excluding hydrogens is 484 g/mol. The molecule has 0 saturated carbocycles. The summed E-state index contributed by atoms with van der Waals surface area (Å²) in [6, 6.07) is -1.15. The Hall–Kier alpha value is -3.05. The first-order valence-electron chi connectivity index (χ1n) is 12.0. The average Bonchev–Trinajstić information content (AvgIpc) is 3.26. The third-order valence-electron chi connectivity index (χ3n) is 5.81. The van der Waals surface area contributed by atoms with Crippen molar-refractivity contribution in [2.24, 2.45) is 5.92 Å². The van der Waals surface area contributed by atoms with Crippen molar-refractivity contribution in [3.63, 3.8) is 0 Å². The van der Waals surface area contributed by atoms with Crippen LogP contribution in [0, 0.1) is 5.92 Å². The van der Waals surface area contributed by atoms with E-state index >= 15 is 0 Å². The molecule has 0 aromatic heterocycles. The predicted molar refractivity (Wildman–Crippen MR) is 134 cm³/mol. The minimum absolute atomic E-state index is 0.0958. The number of allylic oxidation sites excluding steroid dienone is 1. The molecule has 2 aliphatic heterocycles. The number of carbonyl (C=O) groups excluding carboxylic acids is 5. The van der Waals surface area contributed by atoms with Gasteiger partial charge >= 0.3 is 18.0 Å². The molecule has 10 nitrogen and oxygen atoms in total. The molecule has 0 aromatic rings. The second-order valence-electron chi connectivity index (χ2n) is 9.73. The van der Waals surface area contributed by atoms with Gasteiger partial charge in [-0.2, -0.15) is 0 Å². The molecule has 198 valence electrons. The number of carbonyl (C=O) groups is 5. The number of ether oxygens (including phenoxy) is 2. The highest BCUT2D eigenvalue weighted by atomic mass is 28.4. The topological polar surface area (TPSA) is 120 Å². The number of esters is 1. The SMILES string of the molecule is C=CCOC(=O)C(=O)N1C(=O)[C@H]([C@@H](C)O[Si](C)(C)C)[C@H]1CC(=O)C=C[C@@H]1CCCN1C(=O)OCC=C. The van der Waals surface area contributed by atoms with Crippen LogP contribution in [0.15, 0.2) is 37.5 Å². The second-order valence-corrected chi connectivity index (χ2v) is 14.2. The zero-order valence-electron chi connectivity index (χ0n) is 21.4. The molecule has 0 aromatic carbocycles. The van der Waals surface area contributed by atoms with E-state index in [2.05, 4.69) is 13.2 Å². The normalized spacial score (nSPS) is 22.7. The first kappa shape index (κ1) is 29.2. The lowest BCUT2D eigenvalue weighted by Crippen LogP contribution is -2.68. The number of nitrogens with zero attached hydrogens (tertiary/aromatic N) is 2. The highest BCUT2D eigenvalue weighted by molar-refractivity contribution is 6.69. The summed E-state index contributed by atoms with van der Waals surface area (Å²) < 4.78 is 15.9. The predicted octanol–water partition coefficient (Wildman–Crippen LogP) is 2.61. The number of rotatable bonds is 11. The molecule has 0 bridgehead atoms. The third kappa shape index (κ3) is 7.47. The second kappa shape index (κ2) is 12.8. The van der Waals surface area contributed by atoms with Crippen molar-refractivity contribution in [3.8, 4) is 0 Å². The van der Waals surface area contributed by atoms with Gasteiger partial charge in [0.15, 0.2) is 14.1 Å². The van der Waals surface area contributed by atoms with Crippen molar-refractivity contribution < 1.29 is 37.9 Å². The fourth-order valence-electron chi connectivity index (χ4n) is 4.40. The summed E-state index contributed by atoms with van der Waals surface area (Å²) in [6.07, 6.45) is 6.02. The molecule has 0 unspecified atom stereocenters. The minimum atomic E-state index is -2.03. The Balaban J connectivity index is 2.15. The van der Waals surface area contributed by atoms with Crippen LogP contribution in [0.2, 0.25) is 19.6 Å². The van der Waals surface area contributed by atoms with Crippen molar-refractivity contribution in [1.29, 1.82) is 0 Å². The van der Waals surface area contributed by atoms with Gasteiger partial charge in [-0.25, -0.2) is 9.59 Å². The maximum Gasteiger partial charge on any atom is 0.410 e. The molecule has 2 saturated heterocycles. The van der Waals surface area contributed by atoms with Crippen LogP contribution in [0.4, 0.5) is 4.79 Å². The molecule has 0 radical (unpaired) electrons. The molecule has 0 N–H and O–H groups in total. The van der Waals surface area contributed by atoms with Crippen LogP contribution in [0.3, 0.4) is 0 Å². The van der Waals surface area contributed by atoms with E-state index < -0.39 is 50.3 Å². The molecule has 2 aliphatic rings. The maximum absolute atomic E-state index is 12.9. The van der Waals surface area contributed by atoms with Crippen LogP contribution in [0.25, 0.3) is 0 Å². The van der Waals surface area contributed by atoms with Crippen molar-refractivity contribution in [1.82, 2.24) is 9.80 Å². The standard InChI is InChI=1S/C25H36N2O8Si/c1-7-14-33-24(31)23(30)27-20(21(22(27)29)17(3)35-36(4,5)6)16-19(28)12-11-18-10-9-13-26(18)25(32)34-15-8-2/h7-8,11-12,17-18,20-21H,1-2,9-10,13-16H2,3-6H3/t17-,18+,20-,21-/m1/s1. The first-order valence-corrected chi connectivity index (χ1v) is 15.4. The van der Waals surface area contributed by atoms with Crippen molar-refractivity contribution in [3.05, 3.63) is 37.5 Å². The van der Waals surface area contributed by atoms with Crippen LogP contribution in [-0.2, 0) is 33.1 Å². The molecule has 36 heavy (non-hydrogen) atoms. The van der Waals surface area contributed by atoms with Gasteiger partial charge in [0.2, 0.25) is 5.91 Å². The monoisotopic (exact) mass is 520 g/mol. The Morgan fingerprint density at radius 3 is 2.36 bits per heavy atom. The van der Waals surface area contributed by atoms with Crippen LogP contribution in [-0.4, -0.2) is 85.7 Å². The number of amides is 3. The first-order chi connectivity index (χ1) is 16.9. The van der Waals surface area contributed by atoms with Crippen LogP contribution in [0.1, 0.15) is 26.2 Å². The average molecular weight is 521 g/mol. The summed E-state index contributed by atoms with van der Waals surface area (Å²) in [5.74, 6) is -3.97. The highest BCUT2D eigenvalue weighted by Crippen LogP contribution is 2.35. The van der Waals surface area contributed by atoms with Gasteiger partial charge < -0.3 is 18.8 Å². The molecule has 4 atom stereocenters. The van der Waals surface area contributed by atoms with E-state index in [0.717, 1.165) is 11.3 Å². The third-order valence-corrected chi connectivity index (χ3v) is 6.89. The van der Waals surface area contributed by atoms with Gasteiger partial charge in [-0.05, 0) is 45.5 Å². The van der Waals surface area contributed by atoms with Crippen molar-refractivity contribution in [2.75, 3.05) is 19.8 Å². The number of imide groups is 1. The van der Waals surface area contributed by atoms with E-state index in [0.29, 0.717) is 13.0 Å². The highest BCUT2D eigenvalue weighted by Gasteiger charge is 2.55. The molecule has 0 spiro atoms. The summed E-state index contributed by atoms with van der Waals surface area (Å²) in [6.45, 7) is 15.0. The zero-order chi connectivity index (χ0) is 27.0. The Kier molecular flexibility index (Phi) is 10.4. The van der Waals surface area contributed by atoms with Crippen molar-refractivity contribution in [2.45, 2.75) is 64.0 Å². The van der Waals surface area contributed by atoms with Crippen molar-refractivity contribution >= 4 is 38.0 Å². The van der Waals surface area contributed by atoms with Crippen LogP contribution >= 0.6 is 0 Å². The van der Waals surface area contributed by atoms with Crippen LogP contribution in [0.5, 0.6) is 0 Å². The van der Waals surface area contributed by atoms with E-state index in [1.54, 1.807) is 13.0 Å². The van der Waals surface area contributed by atoms with Gasteiger partial charge in [0.1, 0.15) is 13.2 Å². The maximum atomic E-state index is 12.9. The molecule has 2 fully saturated rings. The lowest BCUT2D eigenvalue weighted by atomic mass is 9.80. The Morgan fingerprint density at radius 1 is 1.11 bits per heavy atom. The number of hydrogen-bond acceptors (Lipinski definition) is 8. The van der Waals surface area contributed by atoms with Gasteiger partial charge in [-0.1, -0.05) is 31.4 Å². The largest absolute Gasteiger partial charge is 0.454 e. The van der Waals surface area contributed by atoms with E-state index in [1.165, 1.54) is 23.1 Å². The molecule has 3 amide bonds. The van der Waals surface area contributed by atoms with Gasteiger partial charge in [0, 0.05) is 13.0 Å². The number of likely N-dealkylation sites (tertiary alicyclic amines) is 2. The van der Waals surface area contributed by atoms with E-state index in [-0.39, 0.29) is 31.5 Å². The number of β-lactam (4-membered cyclic amide) rings is 1. The van der Waals surface area contributed by atoms with E-state index in [1.807, 2.05) is 19.6 Å². The summed E-state index contributed by atoms with van der Waals surface area (Å²) >= 11 is 0. The lowest BCUT2D eigenvalue weighted by molar-refractivity contribution is -0.179. The van der Waals surface area contributed by atoms with E-state index in [9.17, 15) is 24.0 Å². The fraction of sp³-hybridized carbons (Fsp3) is 0.560. The summed E-state index contributed by atoms with van der Waals surface area (Å²) in [4.78, 5) is 65.0. The molecule has 0 aliphatic carbocycles. The van der Waals surface area contributed by atoms with Gasteiger partial charge in [-0.15, -0.1) is 0 Å². The molecule has 11 heteroatoms. The number of hydrogen-bond donors (Lipinski definition) is 0. The van der Waals surface area contributed by atoms with Gasteiger partial charge in [0.25, 0.3) is 0 Å². The smallest absolute Gasteiger partial charge is 0.410 e. The van der Waals surface area contributed by atoms with E-state index in [4.69, 9.17) is 13.9 Å². The molecule has 2 heterocycles. The minimum Gasteiger partial charge on any atom is -0.454 e. The summed E-state index contributed by atoms with van der Waals surface area (Å²) in [5, 5.41) is 0. The van der Waals surface area contributed by atoms with Gasteiger partial charge in [-0.3, -0.25) is 19.3 Å². The zero-order valence-corrected chi connectivity index (χ0v) is 22.4. The Bertz CT molecular complexity index is 926. The fourth-order valence-corrected chi connectivity index (χ4v) is 5.66. The molecular formula is C25H36N2O8Si. The Morgan fingerprint density at radius 2 is 1.75 bits per heavy atom. The summed E-state index contributed by atoms with van der Waals surface area (Å²) in [7, 11) is -2.03. The van der Waals surface area contributed by atoms with Gasteiger partial charge in [0.05, 0.1) is 24.1 Å². The number of ketones is 1. The quantitative estimate of drug-likeness (QED) is 0.102. The van der Waals surface area contributed by atoms with Crippen LogP contribution < -0.4 is 0 Å². The molecule has 2 rings (SSSR count). The Labute approximate surface area is 213 Å². The summed E-state index contributed by atoms with van der Waals surface area (Å²) in [5.41, 5.74) is 0. The lowest BCUT2D eigenvalue weighted by Gasteiger charge is -2.48.